The van der Waals surface area contributed by atoms with Crippen molar-refractivity contribution in [3.63, 3.8) is 0 Å². The number of hydrogen-bond acceptors (Lipinski definition) is 2. The normalized spacial score (nSPS) is 10.2. The van der Waals surface area contributed by atoms with Crippen LogP contribution < -0.4 is 10.6 Å². The van der Waals surface area contributed by atoms with E-state index in [9.17, 15) is 9.18 Å². The number of carbonyl (C=O) groups is 1. The van der Waals surface area contributed by atoms with Crippen LogP contribution in [0.5, 0.6) is 0 Å². The van der Waals surface area contributed by atoms with Crippen molar-refractivity contribution in [3.05, 3.63) is 64.9 Å². The number of halogens is 2. The lowest BCUT2D eigenvalue weighted by Gasteiger charge is -2.08. The highest BCUT2D eigenvalue weighted by molar-refractivity contribution is 6.30. The van der Waals surface area contributed by atoms with Gasteiger partial charge in [0.2, 0.25) is 5.91 Å². The van der Waals surface area contributed by atoms with Crippen molar-refractivity contribution in [2.45, 2.75) is 13.0 Å². The van der Waals surface area contributed by atoms with Crippen molar-refractivity contribution in [1.29, 1.82) is 0 Å². The second kappa shape index (κ2) is 7.64. The van der Waals surface area contributed by atoms with Gasteiger partial charge in [0.25, 0.3) is 0 Å². The zero-order valence-electron chi connectivity index (χ0n) is 11.4. The maximum Gasteiger partial charge on any atom is 0.222 e. The van der Waals surface area contributed by atoms with Crippen molar-refractivity contribution in [3.8, 4) is 0 Å². The maximum atomic E-state index is 13.3. The highest BCUT2D eigenvalue weighted by Gasteiger charge is 2.03. The van der Waals surface area contributed by atoms with Crippen molar-refractivity contribution >= 4 is 23.2 Å². The first-order chi connectivity index (χ1) is 10.1. The van der Waals surface area contributed by atoms with Gasteiger partial charge in [-0.1, -0.05) is 35.9 Å². The number of amides is 1. The fourth-order valence-electron chi connectivity index (χ4n) is 1.81. The average Bonchev–Trinajstić information content (AvgIpc) is 2.49. The summed E-state index contributed by atoms with van der Waals surface area (Å²) in [7, 11) is 0. The summed E-state index contributed by atoms with van der Waals surface area (Å²) >= 11 is 5.79. The summed E-state index contributed by atoms with van der Waals surface area (Å²) in [5, 5.41) is 6.37. The van der Waals surface area contributed by atoms with Gasteiger partial charge in [0.05, 0.1) is 5.69 Å². The molecule has 0 heterocycles. The molecular formula is C16H16ClFN2O. The van der Waals surface area contributed by atoms with E-state index in [0.717, 1.165) is 5.56 Å². The molecule has 21 heavy (non-hydrogen) atoms. The van der Waals surface area contributed by atoms with Crippen LogP contribution in [-0.2, 0) is 11.3 Å². The third kappa shape index (κ3) is 5.08. The molecule has 0 unspecified atom stereocenters. The molecule has 0 aromatic heterocycles. The third-order valence-electron chi connectivity index (χ3n) is 2.94. The third-order valence-corrected chi connectivity index (χ3v) is 3.20. The smallest absolute Gasteiger partial charge is 0.222 e. The lowest BCUT2D eigenvalue weighted by atomic mass is 10.2. The van der Waals surface area contributed by atoms with E-state index in [2.05, 4.69) is 10.6 Å². The minimum absolute atomic E-state index is 0.0891. The molecule has 0 bridgehead atoms. The molecule has 0 saturated heterocycles. The summed E-state index contributed by atoms with van der Waals surface area (Å²) in [5.41, 5.74) is 1.39. The summed E-state index contributed by atoms with van der Waals surface area (Å²) < 4.78 is 13.3. The standard InChI is InChI=1S/C16H16ClFN2O/c17-13-7-5-12(6-8-13)11-20-16(21)9-10-19-15-4-2-1-3-14(15)18/h1-8,19H,9-11H2,(H,20,21). The Bertz CT molecular complexity index is 601. The average molecular weight is 307 g/mol. The van der Waals surface area contributed by atoms with E-state index >= 15 is 0 Å². The van der Waals surface area contributed by atoms with E-state index in [-0.39, 0.29) is 18.1 Å². The van der Waals surface area contributed by atoms with Crippen molar-refractivity contribution in [2.24, 2.45) is 0 Å². The maximum absolute atomic E-state index is 13.3. The molecule has 5 heteroatoms. The zero-order chi connectivity index (χ0) is 15.1. The number of hydrogen-bond donors (Lipinski definition) is 2. The fourth-order valence-corrected chi connectivity index (χ4v) is 1.93. The van der Waals surface area contributed by atoms with Gasteiger partial charge in [0.15, 0.2) is 0 Å². The van der Waals surface area contributed by atoms with Gasteiger partial charge in [0.1, 0.15) is 5.82 Å². The highest BCUT2D eigenvalue weighted by Crippen LogP contribution is 2.12. The van der Waals surface area contributed by atoms with Crippen molar-refractivity contribution < 1.29 is 9.18 Å². The molecule has 110 valence electrons. The first-order valence-electron chi connectivity index (χ1n) is 6.65. The quantitative estimate of drug-likeness (QED) is 0.856. The molecule has 0 aliphatic rings. The first kappa shape index (κ1) is 15.3. The summed E-state index contributed by atoms with van der Waals surface area (Å²) in [6.07, 6.45) is 0.280. The molecular weight excluding hydrogens is 291 g/mol. The van der Waals surface area contributed by atoms with Crippen LogP contribution in [0.4, 0.5) is 10.1 Å². The second-order valence-corrected chi connectivity index (χ2v) is 5.00. The van der Waals surface area contributed by atoms with Crippen molar-refractivity contribution in [1.82, 2.24) is 5.32 Å². The molecule has 0 saturated carbocycles. The number of rotatable bonds is 6. The Kier molecular flexibility index (Phi) is 5.58. The van der Waals surface area contributed by atoms with Gasteiger partial charge in [-0.25, -0.2) is 4.39 Å². The predicted octanol–water partition coefficient (Wildman–Crippen LogP) is 3.60. The summed E-state index contributed by atoms with van der Waals surface area (Å²) in [4.78, 5) is 11.7. The minimum Gasteiger partial charge on any atom is -0.382 e. The molecule has 3 nitrogen and oxygen atoms in total. The highest BCUT2D eigenvalue weighted by atomic mass is 35.5. The van der Waals surface area contributed by atoms with E-state index in [4.69, 9.17) is 11.6 Å². The number of carbonyl (C=O) groups excluding carboxylic acids is 1. The Balaban J connectivity index is 1.70. The van der Waals surface area contributed by atoms with Gasteiger partial charge in [-0.3, -0.25) is 4.79 Å². The van der Waals surface area contributed by atoms with Crippen LogP contribution in [0.3, 0.4) is 0 Å². The van der Waals surface area contributed by atoms with E-state index in [1.165, 1.54) is 6.07 Å². The molecule has 0 radical (unpaired) electrons. The monoisotopic (exact) mass is 306 g/mol. The molecule has 1 amide bonds. The molecule has 0 fully saturated rings. The minimum atomic E-state index is -0.320. The lowest BCUT2D eigenvalue weighted by Crippen LogP contribution is -2.24. The van der Waals surface area contributed by atoms with Gasteiger partial charge in [-0.15, -0.1) is 0 Å². The Morgan fingerprint density at radius 2 is 1.81 bits per heavy atom. The largest absolute Gasteiger partial charge is 0.382 e. The molecule has 0 aliphatic heterocycles. The van der Waals surface area contributed by atoms with E-state index in [0.29, 0.717) is 23.8 Å². The number of benzene rings is 2. The second-order valence-electron chi connectivity index (χ2n) is 4.56. The van der Waals surface area contributed by atoms with Crippen LogP contribution >= 0.6 is 11.6 Å². The number of nitrogens with one attached hydrogen (secondary N) is 2. The van der Waals surface area contributed by atoms with Gasteiger partial charge in [-0.2, -0.15) is 0 Å². The van der Waals surface area contributed by atoms with Crippen LogP contribution in [0.15, 0.2) is 48.5 Å². The molecule has 0 spiro atoms. The molecule has 0 aliphatic carbocycles. The Hall–Kier alpha value is -2.07. The fraction of sp³-hybridized carbons (Fsp3) is 0.188. The summed E-state index contributed by atoms with van der Waals surface area (Å²) in [6, 6.07) is 13.7. The van der Waals surface area contributed by atoms with Crippen LogP contribution in [0.2, 0.25) is 5.02 Å². The van der Waals surface area contributed by atoms with E-state index in [1.54, 1.807) is 30.3 Å². The Morgan fingerprint density at radius 3 is 2.52 bits per heavy atom. The lowest BCUT2D eigenvalue weighted by molar-refractivity contribution is -0.121. The number of anilines is 1. The van der Waals surface area contributed by atoms with Crippen LogP contribution in [0.25, 0.3) is 0 Å². The summed E-state index contributed by atoms with van der Waals surface area (Å²) in [6.45, 7) is 0.836. The van der Waals surface area contributed by atoms with E-state index in [1.807, 2.05) is 12.1 Å². The molecule has 2 N–H and O–H groups in total. The van der Waals surface area contributed by atoms with Gasteiger partial charge in [0, 0.05) is 24.5 Å². The van der Waals surface area contributed by atoms with Crippen LogP contribution in [0, 0.1) is 5.82 Å². The van der Waals surface area contributed by atoms with E-state index < -0.39 is 0 Å². The molecule has 2 aromatic rings. The van der Waals surface area contributed by atoms with Crippen molar-refractivity contribution in [2.75, 3.05) is 11.9 Å². The predicted molar refractivity (Wildman–Crippen MR) is 82.8 cm³/mol. The SMILES string of the molecule is O=C(CCNc1ccccc1F)NCc1ccc(Cl)cc1. The van der Waals surface area contributed by atoms with Crippen LogP contribution in [0.1, 0.15) is 12.0 Å². The van der Waals surface area contributed by atoms with Crippen LogP contribution in [-0.4, -0.2) is 12.5 Å². The molecule has 2 rings (SSSR count). The molecule has 2 aromatic carbocycles. The zero-order valence-corrected chi connectivity index (χ0v) is 12.2. The Labute approximate surface area is 128 Å². The van der Waals surface area contributed by atoms with Gasteiger partial charge >= 0.3 is 0 Å². The topological polar surface area (TPSA) is 41.1 Å². The summed E-state index contributed by atoms with van der Waals surface area (Å²) in [5.74, 6) is -0.409. The van der Waals surface area contributed by atoms with Gasteiger partial charge < -0.3 is 10.6 Å². The first-order valence-corrected chi connectivity index (χ1v) is 7.02. The number of para-hydroxylation sites is 1. The van der Waals surface area contributed by atoms with Gasteiger partial charge in [-0.05, 0) is 29.8 Å². The Morgan fingerprint density at radius 1 is 1.10 bits per heavy atom. The molecule has 0 atom stereocenters.